The van der Waals surface area contributed by atoms with E-state index >= 15 is 0 Å². The first-order chi connectivity index (χ1) is 8.60. The molecule has 0 aliphatic rings. The lowest BCUT2D eigenvalue weighted by molar-refractivity contribution is 0.461. The summed E-state index contributed by atoms with van der Waals surface area (Å²) in [7, 11) is -9.52. The molecule has 0 aromatic heterocycles. The van der Waals surface area contributed by atoms with Gasteiger partial charge in [0.1, 0.15) is 20.2 Å². The van der Waals surface area contributed by atoms with Crippen LogP contribution in [0.2, 0.25) is 0 Å². The Morgan fingerprint density at radius 2 is 1.42 bits per heavy atom. The van der Waals surface area contributed by atoms with Crippen molar-refractivity contribution in [2.24, 2.45) is 0 Å². The lowest BCUT2D eigenvalue weighted by Gasteiger charge is -2.15. The summed E-state index contributed by atoms with van der Waals surface area (Å²) in [5.74, 6) is 0. The van der Waals surface area contributed by atoms with Crippen LogP contribution in [0.25, 0.3) is 10.8 Å². The lowest BCUT2D eigenvalue weighted by Crippen LogP contribution is -2.04. The maximum absolute atomic E-state index is 11.2. The Morgan fingerprint density at radius 3 is 1.95 bits per heavy atom. The number of aryl methyl sites for hydroxylation is 1. The number of hydrogen-bond acceptors (Lipinski definition) is 6. The van der Waals surface area contributed by atoms with E-state index in [1.807, 2.05) is 0 Å². The molecule has 0 aliphatic heterocycles. The van der Waals surface area contributed by atoms with Crippen LogP contribution in [-0.4, -0.2) is 25.9 Å². The van der Waals surface area contributed by atoms with Crippen molar-refractivity contribution < 1.29 is 25.9 Å². The van der Waals surface area contributed by atoms with Gasteiger partial charge in [-0.05, 0) is 24.6 Å². The SMILES string of the molecule is Cc1cc(S(=O)(=O)[O-])c2cccc(S(=O)(=O)[O-])c2c1. The van der Waals surface area contributed by atoms with Crippen LogP contribution in [0.4, 0.5) is 0 Å². The van der Waals surface area contributed by atoms with E-state index in [2.05, 4.69) is 0 Å². The normalized spacial score (nSPS) is 12.8. The van der Waals surface area contributed by atoms with Gasteiger partial charge in [0.15, 0.2) is 0 Å². The van der Waals surface area contributed by atoms with E-state index in [4.69, 9.17) is 0 Å². The Morgan fingerprint density at radius 1 is 0.842 bits per heavy atom. The third kappa shape index (κ3) is 2.61. The summed E-state index contributed by atoms with van der Waals surface area (Å²) in [4.78, 5) is -1.08. The summed E-state index contributed by atoms with van der Waals surface area (Å²) < 4.78 is 66.9. The molecule has 0 radical (unpaired) electrons. The van der Waals surface area contributed by atoms with E-state index in [9.17, 15) is 25.9 Å². The lowest BCUT2D eigenvalue weighted by atomic mass is 10.1. The monoisotopic (exact) mass is 300 g/mol. The van der Waals surface area contributed by atoms with Crippen LogP contribution in [0.1, 0.15) is 5.56 Å². The van der Waals surface area contributed by atoms with Gasteiger partial charge in [-0.2, -0.15) is 0 Å². The third-order valence-electron chi connectivity index (χ3n) is 2.60. The van der Waals surface area contributed by atoms with Crippen molar-refractivity contribution in [1.82, 2.24) is 0 Å². The summed E-state index contributed by atoms with van der Waals surface area (Å²) in [5.41, 5.74) is 0.373. The predicted molar refractivity (Wildman–Crippen MR) is 64.6 cm³/mol. The molecule has 102 valence electrons. The predicted octanol–water partition coefficient (Wildman–Crippen LogP) is 0.956. The van der Waals surface area contributed by atoms with Crippen LogP contribution in [-0.2, 0) is 20.2 Å². The molecule has 0 aliphatic carbocycles. The Bertz CT molecular complexity index is 865. The molecule has 0 fully saturated rings. The quantitative estimate of drug-likeness (QED) is 0.763. The summed E-state index contributed by atoms with van der Waals surface area (Å²) in [6, 6.07) is 6.08. The van der Waals surface area contributed by atoms with E-state index in [1.165, 1.54) is 25.1 Å². The molecule has 19 heavy (non-hydrogen) atoms. The van der Waals surface area contributed by atoms with Crippen molar-refractivity contribution in [3.63, 3.8) is 0 Å². The second-order valence-electron chi connectivity index (χ2n) is 4.02. The molecule has 6 nitrogen and oxygen atoms in total. The number of benzene rings is 2. The van der Waals surface area contributed by atoms with E-state index in [0.29, 0.717) is 5.56 Å². The maximum atomic E-state index is 11.2. The van der Waals surface area contributed by atoms with Gasteiger partial charge in [-0.15, -0.1) is 0 Å². The van der Waals surface area contributed by atoms with Crippen LogP contribution in [0.15, 0.2) is 40.1 Å². The molecule has 0 unspecified atom stereocenters. The molecule has 2 aromatic carbocycles. The number of hydrogen-bond donors (Lipinski definition) is 0. The summed E-state index contributed by atoms with van der Waals surface area (Å²) in [5, 5.41) is -0.135. The van der Waals surface area contributed by atoms with E-state index < -0.39 is 30.0 Å². The maximum Gasteiger partial charge on any atom is 0.125 e. The Labute approximate surface area is 110 Å². The van der Waals surface area contributed by atoms with Gasteiger partial charge in [0, 0.05) is 10.8 Å². The van der Waals surface area contributed by atoms with E-state index in [-0.39, 0.29) is 10.8 Å². The standard InChI is InChI=1S/C11H10O6S2/c1-7-5-9-8(11(6-7)19(15,16)17)3-2-4-10(9)18(12,13)14/h2-6H,1H3,(H,12,13,14)(H,15,16,17)/p-2. The fourth-order valence-corrected chi connectivity index (χ4v) is 3.35. The smallest absolute Gasteiger partial charge is 0.125 e. The zero-order valence-electron chi connectivity index (χ0n) is 9.65. The molecule has 0 bridgehead atoms. The molecule has 8 heteroatoms. The first kappa shape index (κ1) is 13.9. The van der Waals surface area contributed by atoms with Gasteiger partial charge in [-0.1, -0.05) is 18.2 Å². The highest BCUT2D eigenvalue weighted by molar-refractivity contribution is 7.86. The zero-order valence-corrected chi connectivity index (χ0v) is 11.3. The fraction of sp³-hybridized carbons (Fsp3) is 0.0909. The molecule has 0 N–H and O–H groups in total. The molecule has 0 saturated heterocycles. The largest absolute Gasteiger partial charge is 0.744 e. The Hall–Kier alpha value is -1.48. The molecule has 0 atom stereocenters. The number of fused-ring (bicyclic) bond motifs is 1. The average Bonchev–Trinajstić information content (AvgIpc) is 2.24. The molecular formula is C11H8O6S2-2. The van der Waals surface area contributed by atoms with Gasteiger partial charge >= 0.3 is 0 Å². The van der Waals surface area contributed by atoms with Crippen molar-refractivity contribution in [3.8, 4) is 0 Å². The fourth-order valence-electron chi connectivity index (χ4n) is 1.89. The van der Waals surface area contributed by atoms with Gasteiger partial charge in [0.2, 0.25) is 0 Å². The van der Waals surface area contributed by atoms with Gasteiger partial charge in [0.25, 0.3) is 0 Å². The van der Waals surface area contributed by atoms with Gasteiger partial charge in [0.05, 0.1) is 9.79 Å². The first-order valence-corrected chi connectivity index (χ1v) is 7.87. The van der Waals surface area contributed by atoms with Crippen molar-refractivity contribution in [2.75, 3.05) is 0 Å². The van der Waals surface area contributed by atoms with Gasteiger partial charge in [-0.25, -0.2) is 16.8 Å². The van der Waals surface area contributed by atoms with Gasteiger partial charge < -0.3 is 9.11 Å². The van der Waals surface area contributed by atoms with Crippen LogP contribution >= 0.6 is 0 Å². The topological polar surface area (TPSA) is 114 Å². The molecule has 0 saturated carbocycles. The zero-order chi connectivity index (χ0) is 14.4. The van der Waals surface area contributed by atoms with E-state index in [1.54, 1.807) is 0 Å². The average molecular weight is 300 g/mol. The van der Waals surface area contributed by atoms with Crippen molar-refractivity contribution in [3.05, 3.63) is 35.9 Å². The highest BCUT2D eigenvalue weighted by Gasteiger charge is 2.13. The summed E-state index contributed by atoms with van der Waals surface area (Å²) in [6.45, 7) is 1.50. The van der Waals surface area contributed by atoms with Crippen LogP contribution in [0.3, 0.4) is 0 Å². The molecule has 2 aromatic rings. The summed E-state index contributed by atoms with van der Waals surface area (Å²) >= 11 is 0. The molecule has 0 spiro atoms. The third-order valence-corrected chi connectivity index (χ3v) is 4.37. The van der Waals surface area contributed by atoms with Crippen molar-refractivity contribution >= 4 is 31.0 Å². The highest BCUT2D eigenvalue weighted by atomic mass is 32.2. The van der Waals surface area contributed by atoms with Crippen LogP contribution in [0.5, 0.6) is 0 Å². The second kappa shape index (κ2) is 4.27. The Balaban J connectivity index is 3.07. The second-order valence-corrected chi connectivity index (χ2v) is 6.72. The minimum absolute atomic E-state index is 0.0630. The van der Waals surface area contributed by atoms with Gasteiger partial charge in [-0.3, -0.25) is 0 Å². The summed E-state index contributed by atoms with van der Waals surface area (Å²) in [6.07, 6.45) is 0. The first-order valence-electron chi connectivity index (χ1n) is 5.06. The van der Waals surface area contributed by atoms with Crippen LogP contribution < -0.4 is 0 Å². The van der Waals surface area contributed by atoms with Crippen LogP contribution in [0, 0.1) is 6.92 Å². The highest BCUT2D eigenvalue weighted by Crippen LogP contribution is 2.29. The van der Waals surface area contributed by atoms with Crippen molar-refractivity contribution in [1.29, 1.82) is 0 Å². The minimum Gasteiger partial charge on any atom is -0.744 e. The minimum atomic E-state index is -4.76. The molecule has 0 amide bonds. The molecule has 2 rings (SSSR count). The number of rotatable bonds is 2. The van der Waals surface area contributed by atoms with Crippen molar-refractivity contribution in [2.45, 2.75) is 16.7 Å². The van der Waals surface area contributed by atoms with E-state index in [0.717, 1.165) is 12.1 Å². The molecular weight excluding hydrogens is 292 g/mol. The Kier molecular flexibility index (Phi) is 3.13. The molecule has 0 heterocycles.